The molecule has 2 atom stereocenters. The van der Waals surface area contributed by atoms with Crippen LogP contribution in [-0.2, 0) is 0 Å². The Labute approximate surface area is 90.6 Å². The lowest BCUT2D eigenvalue weighted by molar-refractivity contribution is 0.687. The van der Waals surface area contributed by atoms with E-state index in [-0.39, 0.29) is 0 Å². The van der Waals surface area contributed by atoms with Gasteiger partial charge < -0.3 is 0 Å². The minimum Gasteiger partial charge on any atom is -0.0764 e. The third-order valence-electron chi connectivity index (χ3n) is 3.43. The summed E-state index contributed by atoms with van der Waals surface area (Å²) in [6, 6.07) is 8.69. The molecule has 1 aromatic carbocycles. The first kappa shape index (κ1) is 8.72. The Bertz CT molecular complexity index is 475. The van der Waals surface area contributed by atoms with Crippen LogP contribution in [0.2, 0.25) is 0 Å². The van der Waals surface area contributed by atoms with Crippen LogP contribution >= 0.6 is 0 Å². The molecule has 0 heterocycles. The van der Waals surface area contributed by atoms with Crippen molar-refractivity contribution in [1.82, 2.24) is 0 Å². The van der Waals surface area contributed by atoms with E-state index in [2.05, 4.69) is 61.6 Å². The van der Waals surface area contributed by atoms with Crippen molar-refractivity contribution < 1.29 is 0 Å². The van der Waals surface area contributed by atoms with Crippen LogP contribution in [0.15, 0.2) is 54.1 Å². The van der Waals surface area contributed by atoms with E-state index in [1.807, 2.05) is 0 Å². The van der Waals surface area contributed by atoms with Crippen molar-refractivity contribution in [2.75, 3.05) is 0 Å². The molecule has 0 fully saturated rings. The van der Waals surface area contributed by atoms with Crippen molar-refractivity contribution in [3.63, 3.8) is 0 Å². The Morgan fingerprint density at radius 1 is 1.00 bits per heavy atom. The number of benzene rings is 1. The SMILES string of the molecule is CC1=CC=CC1C1C=Cc2ccccc21. The molecule has 0 aliphatic heterocycles. The summed E-state index contributed by atoms with van der Waals surface area (Å²) in [5.41, 5.74) is 4.33. The fourth-order valence-corrected chi connectivity index (χ4v) is 2.58. The van der Waals surface area contributed by atoms with Crippen molar-refractivity contribution in [2.24, 2.45) is 5.92 Å². The maximum atomic E-state index is 2.34. The van der Waals surface area contributed by atoms with Crippen LogP contribution in [0.3, 0.4) is 0 Å². The predicted molar refractivity (Wildman–Crippen MR) is 64.6 cm³/mol. The average molecular weight is 194 g/mol. The molecular weight excluding hydrogens is 180 g/mol. The quantitative estimate of drug-likeness (QED) is 0.635. The van der Waals surface area contributed by atoms with Crippen LogP contribution in [-0.4, -0.2) is 0 Å². The first-order valence-corrected chi connectivity index (χ1v) is 5.48. The Balaban J connectivity index is 2.01. The summed E-state index contributed by atoms with van der Waals surface area (Å²) in [5.74, 6) is 1.13. The van der Waals surface area contributed by atoms with E-state index in [0.29, 0.717) is 11.8 Å². The minimum atomic E-state index is 0.552. The van der Waals surface area contributed by atoms with Gasteiger partial charge in [-0.15, -0.1) is 0 Å². The normalized spacial score (nSPS) is 26.9. The summed E-state index contributed by atoms with van der Waals surface area (Å²) in [5, 5.41) is 0. The van der Waals surface area contributed by atoms with Gasteiger partial charge in [0.15, 0.2) is 0 Å². The molecule has 0 amide bonds. The smallest absolute Gasteiger partial charge is 0.0128 e. The van der Waals surface area contributed by atoms with Crippen LogP contribution in [0.4, 0.5) is 0 Å². The van der Waals surface area contributed by atoms with Crippen LogP contribution in [0.25, 0.3) is 6.08 Å². The van der Waals surface area contributed by atoms with Gasteiger partial charge in [-0.2, -0.15) is 0 Å². The van der Waals surface area contributed by atoms with E-state index in [1.165, 1.54) is 16.7 Å². The van der Waals surface area contributed by atoms with Gasteiger partial charge in [-0.1, -0.05) is 60.2 Å². The third-order valence-corrected chi connectivity index (χ3v) is 3.43. The lowest BCUT2D eigenvalue weighted by Crippen LogP contribution is -2.06. The van der Waals surface area contributed by atoms with Crippen LogP contribution in [0.1, 0.15) is 24.0 Å². The molecule has 0 spiro atoms. The standard InChI is InChI=1S/C15H14/c1-11-5-4-8-13(11)15-10-9-12-6-2-3-7-14(12)15/h2-10,13,15H,1H3. The maximum Gasteiger partial charge on any atom is 0.0128 e. The zero-order valence-electron chi connectivity index (χ0n) is 8.85. The first-order valence-electron chi connectivity index (χ1n) is 5.48. The highest BCUT2D eigenvalue weighted by Crippen LogP contribution is 2.40. The summed E-state index contributed by atoms with van der Waals surface area (Å²) in [7, 11) is 0. The zero-order valence-corrected chi connectivity index (χ0v) is 8.85. The largest absolute Gasteiger partial charge is 0.0764 e. The van der Waals surface area contributed by atoms with Crippen molar-refractivity contribution in [2.45, 2.75) is 12.8 Å². The monoisotopic (exact) mass is 194 g/mol. The van der Waals surface area contributed by atoms with Gasteiger partial charge in [-0.3, -0.25) is 0 Å². The second kappa shape index (κ2) is 3.23. The van der Waals surface area contributed by atoms with Crippen molar-refractivity contribution >= 4 is 6.08 Å². The lowest BCUT2D eigenvalue weighted by atomic mass is 9.85. The van der Waals surface area contributed by atoms with Crippen molar-refractivity contribution in [1.29, 1.82) is 0 Å². The summed E-state index contributed by atoms with van der Waals surface area (Å²) >= 11 is 0. The molecule has 0 aromatic heterocycles. The Morgan fingerprint density at radius 3 is 2.67 bits per heavy atom. The molecule has 74 valence electrons. The van der Waals surface area contributed by atoms with E-state index in [1.54, 1.807) is 0 Å². The van der Waals surface area contributed by atoms with E-state index < -0.39 is 0 Å². The number of hydrogen-bond acceptors (Lipinski definition) is 0. The van der Waals surface area contributed by atoms with Crippen LogP contribution < -0.4 is 0 Å². The fourth-order valence-electron chi connectivity index (χ4n) is 2.58. The molecule has 15 heavy (non-hydrogen) atoms. The third kappa shape index (κ3) is 1.29. The van der Waals surface area contributed by atoms with Gasteiger partial charge in [0.25, 0.3) is 0 Å². The molecule has 3 rings (SSSR count). The summed E-state index contributed by atoms with van der Waals surface area (Å²) in [4.78, 5) is 0. The van der Waals surface area contributed by atoms with Crippen LogP contribution in [0, 0.1) is 5.92 Å². The molecule has 2 aliphatic carbocycles. The van der Waals surface area contributed by atoms with E-state index >= 15 is 0 Å². The molecule has 0 bridgehead atoms. The molecular formula is C15H14. The van der Waals surface area contributed by atoms with Gasteiger partial charge in [0, 0.05) is 11.8 Å². The summed E-state index contributed by atoms with van der Waals surface area (Å²) < 4.78 is 0. The molecule has 2 unspecified atom stereocenters. The lowest BCUT2D eigenvalue weighted by Gasteiger charge is -2.18. The second-order valence-corrected chi connectivity index (χ2v) is 4.34. The van der Waals surface area contributed by atoms with E-state index in [0.717, 1.165) is 0 Å². The highest BCUT2D eigenvalue weighted by atomic mass is 14.3. The van der Waals surface area contributed by atoms with E-state index in [4.69, 9.17) is 0 Å². The molecule has 0 saturated carbocycles. The Morgan fingerprint density at radius 2 is 1.87 bits per heavy atom. The highest BCUT2D eigenvalue weighted by molar-refractivity contribution is 5.63. The Kier molecular flexibility index (Phi) is 1.88. The molecule has 0 N–H and O–H groups in total. The molecule has 0 heteroatoms. The maximum absolute atomic E-state index is 2.34. The van der Waals surface area contributed by atoms with Gasteiger partial charge in [0.2, 0.25) is 0 Å². The van der Waals surface area contributed by atoms with Gasteiger partial charge in [0.1, 0.15) is 0 Å². The van der Waals surface area contributed by atoms with Gasteiger partial charge in [-0.25, -0.2) is 0 Å². The molecule has 2 aliphatic rings. The minimum absolute atomic E-state index is 0.552. The number of allylic oxidation sites excluding steroid dienone is 5. The topological polar surface area (TPSA) is 0 Å². The first-order chi connectivity index (χ1) is 7.36. The van der Waals surface area contributed by atoms with Gasteiger partial charge in [-0.05, 0) is 18.1 Å². The van der Waals surface area contributed by atoms with Crippen molar-refractivity contribution in [3.05, 3.63) is 65.3 Å². The molecule has 0 radical (unpaired) electrons. The van der Waals surface area contributed by atoms with Gasteiger partial charge in [0.05, 0.1) is 0 Å². The van der Waals surface area contributed by atoms with Crippen molar-refractivity contribution in [3.8, 4) is 0 Å². The summed E-state index contributed by atoms with van der Waals surface area (Å²) in [6.45, 7) is 2.22. The second-order valence-electron chi connectivity index (χ2n) is 4.34. The Hall–Kier alpha value is -1.56. The summed E-state index contributed by atoms with van der Waals surface area (Å²) in [6.07, 6.45) is 11.3. The number of rotatable bonds is 1. The highest BCUT2D eigenvalue weighted by Gasteiger charge is 2.26. The van der Waals surface area contributed by atoms with E-state index in [9.17, 15) is 0 Å². The van der Waals surface area contributed by atoms with Gasteiger partial charge >= 0.3 is 0 Å². The van der Waals surface area contributed by atoms with Crippen LogP contribution in [0.5, 0.6) is 0 Å². The fraction of sp³-hybridized carbons (Fsp3) is 0.200. The number of hydrogen-bond donors (Lipinski definition) is 0. The predicted octanol–water partition coefficient (Wildman–Crippen LogP) is 3.93. The molecule has 0 nitrogen and oxygen atoms in total. The zero-order chi connectivity index (χ0) is 10.3. The molecule has 1 aromatic rings. The molecule has 0 saturated heterocycles. The number of fused-ring (bicyclic) bond motifs is 1. The average Bonchev–Trinajstić information content (AvgIpc) is 2.83.